The second-order valence-corrected chi connectivity index (χ2v) is 12.7. The third-order valence-corrected chi connectivity index (χ3v) is 10.7. The number of carbonyl (C=O) groups excluding carboxylic acids is 2. The number of para-hydroxylation sites is 1. The van der Waals surface area contributed by atoms with E-state index in [9.17, 15) is 23.1 Å². The molecule has 8 heteroatoms. The quantitative estimate of drug-likeness (QED) is 0.384. The fourth-order valence-electron chi connectivity index (χ4n) is 6.64. The van der Waals surface area contributed by atoms with Gasteiger partial charge >= 0.3 is 0 Å². The highest BCUT2D eigenvalue weighted by Gasteiger charge is 2.63. The van der Waals surface area contributed by atoms with Gasteiger partial charge in [-0.15, -0.1) is 0 Å². The molecule has 2 amide bonds. The average molecular weight is 543 g/mol. The Kier molecular flexibility index (Phi) is 6.10. The topological polar surface area (TPSA) is 95.0 Å². The number of amides is 2. The molecular weight excluding hydrogens is 512 g/mol. The molecule has 0 saturated carbocycles. The monoisotopic (exact) mass is 542 g/mol. The maximum absolute atomic E-state index is 13.9. The van der Waals surface area contributed by atoms with Crippen molar-refractivity contribution in [3.8, 4) is 0 Å². The summed E-state index contributed by atoms with van der Waals surface area (Å²) in [5, 5.41) is 11.9. The molecule has 0 bridgehead atoms. The molecule has 39 heavy (non-hydrogen) atoms. The van der Waals surface area contributed by atoms with Crippen molar-refractivity contribution >= 4 is 27.5 Å². The third kappa shape index (κ3) is 3.81. The number of anilines is 1. The number of hydrogen-bond acceptors (Lipinski definition) is 5. The van der Waals surface area contributed by atoms with Crippen LogP contribution in [0.15, 0.2) is 101 Å². The van der Waals surface area contributed by atoms with Crippen molar-refractivity contribution in [2.75, 3.05) is 11.4 Å². The molecule has 0 radical (unpaired) electrons. The first kappa shape index (κ1) is 25.7. The Hall–Kier alpha value is -3.59. The molecule has 2 aliphatic heterocycles. The van der Waals surface area contributed by atoms with Crippen LogP contribution in [-0.2, 0) is 19.6 Å². The summed E-state index contributed by atoms with van der Waals surface area (Å²) in [6.45, 7) is 3.73. The number of aryl methyl sites for hydroxylation is 1. The van der Waals surface area contributed by atoms with Gasteiger partial charge in [-0.3, -0.25) is 9.59 Å². The summed E-state index contributed by atoms with van der Waals surface area (Å²) in [5.74, 6) is -2.06. The van der Waals surface area contributed by atoms with Crippen LogP contribution in [-0.4, -0.2) is 42.2 Å². The van der Waals surface area contributed by atoms with E-state index in [2.05, 4.69) is 0 Å². The van der Waals surface area contributed by atoms with Crippen LogP contribution in [0.1, 0.15) is 30.6 Å². The van der Waals surface area contributed by atoms with Gasteiger partial charge in [-0.2, -0.15) is 4.31 Å². The van der Waals surface area contributed by atoms with Crippen LogP contribution in [0.5, 0.6) is 0 Å². The second kappa shape index (κ2) is 9.26. The summed E-state index contributed by atoms with van der Waals surface area (Å²) in [6.07, 6.45) is 0.854. The highest BCUT2D eigenvalue weighted by atomic mass is 32.2. The third-order valence-electron chi connectivity index (χ3n) is 8.76. The van der Waals surface area contributed by atoms with Gasteiger partial charge in [-0.05, 0) is 55.7 Å². The van der Waals surface area contributed by atoms with Gasteiger partial charge in [0.05, 0.1) is 28.5 Å². The van der Waals surface area contributed by atoms with Gasteiger partial charge in [0.25, 0.3) is 0 Å². The molecule has 1 aliphatic carbocycles. The highest BCUT2D eigenvalue weighted by Crippen LogP contribution is 2.59. The molecule has 3 unspecified atom stereocenters. The van der Waals surface area contributed by atoms with E-state index in [1.165, 1.54) is 9.21 Å². The van der Waals surface area contributed by atoms with E-state index in [1.807, 2.05) is 43.3 Å². The average Bonchev–Trinajstić information content (AvgIpc) is 3.38. The summed E-state index contributed by atoms with van der Waals surface area (Å²) >= 11 is 0. The highest BCUT2D eigenvalue weighted by molar-refractivity contribution is 7.89. The van der Waals surface area contributed by atoms with Crippen LogP contribution in [0.3, 0.4) is 0 Å². The molecule has 1 N–H and O–H groups in total. The van der Waals surface area contributed by atoms with Crippen LogP contribution in [0.25, 0.3) is 0 Å². The van der Waals surface area contributed by atoms with E-state index in [0.29, 0.717) is 16.8 Å². The number of sulfonamides is 1. The number of aliphatic hydroxyl groups is 1. The zero-order valence-electron chi connectivity index (χ0n) is 21.8. The summed E-state index contributed by atoms with van der Waals surface area (Å²) in [6, 6.07) is 24.0. The Balaban J connectivity index is 1.47. The molecule has 200 valence electrons. The van der Waals surface area contributed by atoms with Crippen LogP contribution in [0, 0.1) is 24.2 Å². The lowest BCUT2D eigenvalue weighted by atomic mass is 9.60. The van der Waals surface area contributed by atoms with Crippen LogP contribution >= 0.6 is 0 Å². The van der Waals surface area contributed by atoms with Gasteiger partial charge in [0.2, 0.25) is 21.8 Å². The number of rotatable bonds is 5. The second-order valence-electron chi connectivity index (χ2n) is 10.8. The SMILES string of the molecule is Cc1ccc(S(=O)(=O)N2CC3=C[C@@H]4C(=O)N(c5ccccc5)C(=O)[C@@H]4CC3(C(O)c3ccccc3)C2C)cc1. The molecular formula is C31H30N2O5S. The van der Waals surface area contributed by atoms with E-state index in [1.54, 1.807) is 61.5 Å². The number of hydrogen-bond donors (Lipinski definition) is 1. The van der Waals surface area contributed by atoms with Gasteiger partial charge in [0, 0.05) is 18.0 Å². The molecule has 0 aromatic heterocycles. The molecule has 2 heterocycles. The van der Waals surface area contributed by atoms with E-state index in [-0.39, 0.29) is 29.7 Å². The molecule has 2 fully saturated rings. The Labute approximate surface area is 228 Å². The summed E-state index contributed by atoms with van der Waals surface area (Å²) < 4.78 is 29.2. The van der Waals surface area contributed by atoms with Crippen molar-refractivity contribution in [2.24, 2.45) is 17.3 Å². The molecule has 5 atom stereocenters. The smallest absolute Gasteiger partial charge is 0.243 e. The molecule has 0 spiro atoms. The van der Waals surface area contributed by atoms with Crippen LogP contribution in [0.4, 0.5) is 5.69 Å². The number of fused-ring (bicyclic) bond motifs is 2. The Morgan fingerprint density at radius 2 is 1.51 bits per heavy atom. The normalized spacial score (nSPS) is 27.7. The van der Waals surface area contributed by atoms with E-state index < -0.39 is 39.4 Å². The number of aliphatic hydroxyl groups excluding tert-OH is 1. The number of benzene rings is 3. The maximum Gasteiger partial charge on any atom is 0.243 e. The van der Waals surface area contributed by atoms with Gasteiger partial charge in [-0.25, -0.2) is 13.3 Å². The summed E-state index contributed by atoms with van der Waals surface area (Å²) in [7, 11) is -3.92. The zero-order valence-corrected chi connectivity index (χ0v) is 22.6. The fraction of sp³-hybridized carbons (Fsp3) is 0.290. The number of carbonyl (C=O) groups is 2. The fourth-order valence-corrected chi connectivity index (χ4v) is 8.30. The Bertz CT molecular complexity index is 1570. The van der Waals surface area contributed by atoms with Crippen molar-refractivity contribution in [3.05, 3.63) is 108 Å². The van der Waals surface area contributed by atoms with Crippen LogP contribution in [0.2, 0.25) is 0 Å². The molecule has 6 rings (SSSR count). The van der Waals surface area contributed by atoms with E-state index in [0.717, 1.165) is 5.56 Å². The first-order valence-corrected chi connectivity index (χ1v) is 14.6. The molecule has 3 aromatic rings. The van der Waals surface area contributed by atoms with Crippen molar-refractivity contribution in [3.63, 3.8) is 0 Å². The maximum atomic E-state index is 13.9. The first-order valence-electron chi connectivity index (χ1n) is 13.1. The van der Waals surface area contributed by atoms with Crippen molar-refractivity contribution in [1.82, 2.24) is 4.31 Å². The van der Waals surface area contributed by atoms with E-state index in [4.69, 9.17) is 0 Å². The molecule has 2 saturated heterocycles. The predicted octanol–water partition coefficient (Wildman–Crippen LogP) is 4.24. The number of imide groups is 1. The van der Waals surface area contributed by atoms with Crippen LogP contribution < -0.4 is 4.90 Å². The summed E-state index contributed by atoms with van der Waals surface area (Å²) in [5.41, 5.74) is 1.70. The minimum absolute atomic E-state index is 0.0390. The first-order chi connectivity index (χ1) is 18.7. The van der Waals surface area contributed by atoms with Gasteiger partial charge < -0.3 is 5.11 Å². The Morgan fingerprint density at radius 1 is 0.897 bits per heavy atom. The summed E-state index contributed by atoms with van der Waals surface area (Å²) in [4.78, 5) is 28.7. The minimum atomic E-state index is -3.92. The van der Waals surface area contributed by atoms with Gasteiger partial charge in [-0.1, -0.05) is 72.3 Å². The van der Waals surface area contributed by atoms with Crippen molar-refractivity contribution in [1.29, 1.82) is 0 Å². The lowest BCUT2D eigenvalue weighted by Crippen LogP contribution is -2.47. The molecule has 7 nitrogen and oxygen atoms in total. The van der Waals surface area contributed by atoms with Crippen molar-refractivity contribution in [2.45, 2.75) is 37.3 Å². The predicted molar refractivity (Wildman–Crippen MR) is 147 cm³/mol. The van der Waals surface area contributed by atoms with Gasteiger partial charge in [0.15, 0.2) is 0 Å². The Morgan fingerprint density at radius 3 is 2.15 bits per heavy atom. The zero-order chi connectivity index (χ0) is 27.5. The van der Waals surface area contributed by atoms with Gasteiger partial charge in [0.1, 0.15) is 0 Å². The largest absolute Gasteiger partial charge is 0.387 e. The number of nitrogens with zero attached hydrogens (tertiary/aromatic N) is 2. The molecule has 3 aromatic carbocycles. The standard InChI is InChI=1S/C31H30N2O5S/c1-20-13-15-25(16-14-20)39(37,38)32-19-23-17-26-27(30(36)33(29(26)35)24-11-7-4-8-12-24)18-31(23,21(32)2)28(34)22-9-5-3-6-10-22/h3-17,21,26-28,34H,18-19H2,1-2H3/t21?,26-,27+,28?,31?/m0/s1. The molecule has 3 aliphatic rings. The lowest BCUT2D eigenvalue weighted by molar-refractivity contribution is -0.123. The van der Waals surface area contributed by atoms with Crippen molar-refractivity contribution < 1.29 is 23.1 Å². The lowest BCUT2D eigenvalue weighted by Gasteiger charge is -2.44. The minimum Gasteiger partial charge on any atom is -0.387 e. The van der Waals surface area contributed by atoms with E-state index >= 15 is 0 Å².